The molecule has 0 aromatic heterocycles. The molecule has 4 amide bonds. The summed E-state index contributed by atoms with van der Waals surface area (Å²) in [5.41, 5.74) is 0. The van der Waals surface area contributed by atoms with Crippen molar-refractivity contribution in [3.05, 3.63) is 0 Å². The van der Waals surface area contributed by atoms with Crippen LogP contribution >= 0.6 is 0 Å². The Morgan fingerprint density at radius 3 is 1.07 bits per heavy atom. The van der Waals surface area contributed by atoms with Crippen molar-refractivity contribution in [1.82, 2.24) is 9.80 Å². The van der Waals surface area contributed by atoms with Crippen LogP contribution in [-0.4, -0.2) is 47.5 Å². The number of carbonyl (C=O) groups excluding carboxylic acids is 4. The first-order valence-corrected chi connectivity index (χ1v) is 3.86. The monoisotopic (exact) mass is 200 g/mol. The van der Waals surface area contributed by atoms with Crippen molar-refractivity contribution in [1.29, 1.82) is 0 Å². The molecule has 0 atom stereocenters. The number of nitrogens with zero attached hydrogens (tertiary/aromatic N) is 2. The lowest BCUT2D eigenvalue weighted by Gasteiger charge is -2.16. The maximum absolute atomic E-state index is 11.2. The van der Waals surface area contributed by atoms with E-state index in [-0.39, 0.29) is 0 Å². The highest BCUT2D eigenvalue weighted by atomic mass is 16.2. The van der Waals surface area contributed by atoms with Gasteiger partial charge in [0.05, 0.1) is 0 Å². The fourth-order valence-electron chi connectivity index (χ4n) is 0.573. The van der Waals surface area contributed by atoms with Gasteiger partial charge in [0.25, 0.3) is 0 Å². The summed E-state index contributed by atoms with van der Waals surface area (Å²) >= 11 is 0. The van der Waals surface area contributed by atoms with Gasteiger partial charge < -0.3 is 0 Å². The van der Waals surface area contributed by atoms with E-state index in [1.165, 1.54) is 14.1 Å². The molecule has 6 heteroatoms. The maximum Gasteiger partial charge on any atom is 0.318 e. The Morgan fingerprint density at radius 1 is 0.714 bits per heavy atom. The van der Waals surface area contributed by atoms with Crippen molar-refractivity contribution in [3.8, 4) is 0 Å². The Kier molecular flexibility index (Phi) is 3.95. The summed E-state index contributed by atoms with van der Waals surface area (Å²) < 4.78 is 0. The molecular weight excluding hydrogens is 188 g/mol. The zero-order valence-electron chi connectivity index (χ0n) is 8.53. The summed E-state index contributed by atoms with van der Waals surface area (Å²) in [7, 11) is 2.35. The van der Waals surface area contributed by atoms with Gasteiger partial charge in [-0.25, -0.2) is 0 Å². The van der Waals surface area contributed by atoms with Crippen molar-refractivity contribution in [2.24, 2.45) is 0 Å². The molecule has 0 aliphatic rings. The standard InChI is InChI=1S/C8H12N2O4/c1-5(11)9(3)7(13)8(14)10(4)6(2)12/h1-4H3. The quantitative estimate of drug-likeness (QED) is 0.470. The van der Waals surface area contributed by atoms with E-state index in [2.05, 4.69) is 0 Å². The molecule has 0 spiro atoms. The molecule has 0 aromatic carbocycles. The summed E-state index contributed by atoms with van der Waals surface area (Å²) in [6, 6.07) is 0. The van der Waals surface area contributed by atoms with Crippen molar-refractivity contribution >= 4 is 23.6 Å². The minimum atomic E-state index is -1.02. The Labute approximate surface area is 81.5 Å². The highest BCUT2D eigenvalue weighted by Gasteiger charge is 2.26. The van der Waals surface area contributed by atoms with Gasteiger partial charge in [-0.2, -0.15) is 0 Å². The second-order valence-corrected chi connectivity index (χ2v) is 2.77. The van der Waals surface area contributed by atoms with E-state index in [4.69, 9.17) is 0 Å². The molecule has 0 rings (SSSR count). The second kappa shape index (κ2) is 4.50. The molecule has 0 radical (unpaired) electrons. The van der Waals surface area contributed by atoms with Crippen LogP contribution in [0.2, 0.25) is 0 Å². The first-order chi connectivity index (χ1) is 6.29. The van der Waals surface area contributed by atoms with Gasteiger partial charge in [-0.1, -0.05) is 0 Å². The van der Waals surface area contributed by atoms with Gasteiger partial charge in [0.2, 0.25) is 11.8 Å². The van der Waals surface area contributed by atoms with Crippen LogP contribution in [0.3, 0.4) is 0 Å². The Morgan fingerprint density at radius 2 is 0.929 bits per heavy atom. The average molecular weight is 200 g/mol. The molecule has 0 bridgehead atoms. The highest BCUT2D eigenvalue weighted by molar-refractivity contribution is 6.39. The lowest BCUT2D eigenvalue weighted by molar-refractivity contribution is -0.157. The molecular formula is C8H12N2O4. The third kappa shape index (κ3) is 2.65. The minimum absolute atomic E-state index is 0.555. The molecule has 14 heavy (non-hydrogen) atoms. The molecule has 6 nitrogen and oxygen atoms in total. The topological polar surface area (TPSA) is 74.8 Å². The van der Waals surface area contributed by atoms with Crippen molar-refractivity contribution < 1.29 is 19.2 Å². The molecule has 0 fully saturated rings. The van der Waals surface area contributed by atoms with Crippen molar-refractivity contribution in [2.75, 3.05) is 14.1 Å². The van der Waals surface area contributed by atoms with E-state index in [1.807, 2.05) is 0 Å². The zero-order chi connectivity index (χ0) is 11.5. The molecule has 0 saturated heterocycles. The number of imide groups is 2. The van der Waals surface area contributed by atoms with Gasteiger partial charge in [-0.05, 0) is 0 Å². The van der Waals surface area contributed by atoms with Crippen LogP contribution in [-0.2, 0) is 19.2 Å². The van der Waals surface area contributed by atoms with E-state index < -0.39 is 23.6 Å². The van der Waals surface area contributed by atoms with Gasteiger partial charge >= 0.3 is 11.8 Å². The summed E-state index contributed by atoms with van der Waals surface area (Å²) in [5.74, 6) is -3.15. The zero-order valence-corrected chi connectivity index (χ0v) is 8.53. The lowest BCUT2D eigenvalue weighted by Crippen LogP contribution is -2.45. The maximum atomic E-state index is 11.2. The molecule has 0 saturated carbocycles. The van der Waals surface area contributed by atoms with E-state index in [0.717, 1.165) is 13.8 Å². The van der Waals surface area contributed by atoms with Crippen LogP contribution in [0.15, 0.2) is 0 Å². The Balaban J connectivity index is 4.64. The first kappa shape index (κ1) is 12.3. The SMILES string of the molecule is CC(=O)N(C)C(=O)C(=O)N(C)C(C)=O. The summed E-state index contributed by atoms with van der Waals surface area (Å²) in [6.07, 6.45) is 0. The van der Waals surface area contributed by atoms with Gasteiger partial charge in [0.1, 0.15) is 0 Å². The highest BCUT2D eigenvalue weighted by Crippen LogP contribution is 1.93. The van der Waals surface area contributed by atoms with Gasteiger partial charge in [0, 0.05) is 27.9 Å². The molecule has 0 N–H and O–H groups in total. The fraction of sp³-hybridized carbons (Fsp3) is 0.500. The van der Waals surface area contributed by atoms with E-state index >= 15 is 0 Å². The number of carbonyl (C=O) groups is 4. The first-order valence-electron chi connectivity index (χ1n) is 3.86. The van der Waals surface area contributed by atoms with Crippen molar-refractivity contribution in [2.45, 2.75) is 13.8 Å². The normalized spacial score (nSPS) is 9.14. The van der Waals surface area contributed by atoms with Crippen LogP contribution in [0.4, 0.5) is 0 Å². The van der Waals surface area contributed by atoms with Crippen molar-refractivity contribution in [3.63, 3.8) is 0 Å². The lowest BCUT2D eigenvalue weighted by atomic mass is 10.4. The van der Waals surface area contributed by atoms with Crippen LogP contribution in [0.25, 0.3) is 0 Å². The second-order valence-electron chi connectivity index (χ2n) is 2.77. The molecule has 0 aliphatic heterocycles. The average Bonchev–Trinajstić information content (AvgIpc) is 2.12. The third-order valence-electron chi connectivity index (χ3n) is 1.74. The van der Waals surface area contributed by atoms with Crippen LogP contribution in [0.1, 0.15) is 13.8 Å². The van der Waals surface area contributed by atoms with Crippen LogP contribution < -0.4 is 0 Å². The Bertz CT molecular complexity index is 268. The molecule has 0 unspecified atom stereocenters. The van der Waals surface area contributed by atoms with Gasteiger partial charge in [0.15, 0.2) is 0 Å². The number of rotatable bonds is 0. The molecule has 0 aromatic rings. The number of hydrogen-bond acceptors (Lipinski definition) is 4. The van der Waals surface area contributed by atoms with Gasteiger partial charge in [-0.15, -0.1) is 0 Å². The molecule has 0 aliphatic carbocycles. The van der Waals surface area contributed by atoms with E-state index in [1.54, 1.807) is 0 Å². The predicted molar refractivity (Wildman–Crippen MR) is 46.9 cm³/mol. The van der Waals surface area contributed by atoms with Crippen LogP contribution in [0.5, 0.6) is 0 Å². The fourth-order valence-corrected chi connectivity index (χ4v) is 0.573. The minimum Gasteiger partial charge on any atom is -0.278 e. The summed E-state index contributed by atoms with van der Waals surface area (Å²) in [6.45, 7) is 2.30. The number of amides is 4. The summed E-state index contributed by atoms with van der Waals surface area (Å²) in [4.78, 5) is 45.2. The van der Waals surface area contributed by atoms with Gasteiger partial charge in [-0.3, -0.25) is 29.0 Å². The van der Waals surface area contributed by atoms with E-state index in [0.29, 0.717) is 9.80 Å². The van der Waals surface area contributed by atoms with E-state index in [9.17, 15) is 19.2 Å². The van der Waals surface area contributed by atoms with Crippen LogP contribution in [0, 0.1) is 0 Å². The molecule has 78 valence electrons. The predicted octanol–water partition coefficient (Wildman–Crippen LogP) is -1.00. The number of likely N-dealkylation sites (N-methyl/N-ethyl adjacent to an activating group) is 2. The summed E-state index contributed by atoms with van der Waals surface area (Å²) in [5, 5.41) is 0. The third-order valence-corrected chi connectivity index (χ3v) is 1.74. The largest absolute Gasteiger partial charge is 0.318 e. The smallest absolute Gasteiger partial charge is 0.278 e. The Hall–Kier alpha value is -1.72. The molecule has 0 heterocycles. The number of hydrogen-bond donors (Lipinski definition) is 0.